The molecular formula is C12H17NO2S. The highest BCUT2D eigenvalue weighted by Crippen LogP contribution is 2.17. The predicted octanol–water partition coefficient (Wildman–Crippen LogP) is 2.52. The first kappa shape index (κ1) is 12.9. The highest BCUT2D eigenvalue weighted by Gasteiger charge is 2.10. The summed E-state index contributed by atoms with van der Waals surface area (Å²) in [7, 11) is 0. The molecule has 0 spiro atoms. The highest BCUT2D eigenvalue weighted by atomic mass is 32.1. The molecule has 0 aliphatic rings. The van der Waals surface area contributed by atoms with Crippen molar-refractivity contribution in [1.82, 2.24) is 5.32 Å². The Morgan fingerprint density at radius 1 is 1.69 bits per heavy atom. The minimum Gasteiger partial charge on any atom is -0.463 e. The smallest absolute Gasteiger partial charge is 0.334 e. The van der Waals surface area contributed by atoms with Crippen molar-refractivity contribution in [2.45, 2.75) is 19.9 Å². The van der Waals surface area contributed by atoms with Crippen LogP contribution in [0, 0.1) is 0 Å². The van der Waals surface area contributed by atoms with Gasteiger partial charge in [0.25, 0.3) is 0 Å². The van der Waals surface area contributed by atoms with Crippen LogP contribution in [0.25, 0.3) is 0 Å². The Bertz CT molecular complexity index is 346. The molecular weight excluding hydrogens is 222 g/mol. The van der Waals surface area contributed by atoms with E-state index in [-0.39, 0.29) is 12.0 Å². The summed E-state index contributed by atoms with van der Waals surface area (Å²) in [6, 6.07) is 4.31. The van der Waals surface area contributed by atoms with Gasteiger partial charge in [-0.05, 0) is 25.3 Å². The maximum atomic E-state index is 11.3. The maximum Gasteiger partial charge on any atom is 0.334 e. The fourth-order valence-corrected chi connectivity index (χ4v) is 1.98. The van der Waals surface area contributed by atoms with Crippen molar-refractivity contribution in [2.24, 2.45) is 0 Å². The Kier molecular flexibility index (Phi) is 5.22. The fourth-order valence-electron chi connectivity index (χ4n) is 1.22. The fraction of sp³-hybridized carbons (Fsp3) is 0.417. The zero-order chi connectivity index (χ0) is 12.0. The molecule has 88 valence electrons. The van der Waals surface area contributed by atoms with Gasteiger partial charge < -0.3 is 10.1 Å². The van der Waals surface area contributed by atoms with Gasteiger partial charge in [0.05, 0.1) is 6.61 Å². The molecule has 0 fully saturated rings. The number of carbonyl (C=O) groups excluding carboxylic acids is 1. The van der Waals surface area contributed by atoms with Gasteiger partial charge in [0.1, 0.15) is 0 Å². The molecule has 0 bridgehead atoms. The number of esters is 1. The van der Waals surface area contributed by atoms with E-state index in [0.717, 1.165) is 0 Å². The van der Waals surface area contributed by atoms with Gasteiger partial charge in [0.2, 0.25) is 0 Å². The first-order valence-electron chi connectivity index (χ1n) is 5.26. The predicted molar refractivity (Wildman–Crippen MR) is 66.5 cm³/mol. The highest BCUT2D eigenvalue weighted by molar-refractivity contribution is 7.10. The van der Waals surface area contributed by atoms with E-state index in [1.54, 1.807) is 18.3 Å². The van der Waals surface area contributed by atoms with Gasteiger partial charge in [-0.15, -0.1) is 11.3 Å². The minimum absolute atomic E-state index is 0.228. The second-order valence-corrected chi connectivity index (χ2v) is 4.42. The van der Waals surface area contributed by atoms with Crippen molar-refractivity contribution >= 4 is 17.3 Å². The summed E-state index contributed by atoms with van der Waals surface area (Å²) in [5, 5.41) is 5.27. The molecule has 0 aliphatic carbocycles. The zero-order valence-corrected chi connectivity index (χ0v) is 10.5. The Hall–Kier alpha value is -1.13. The number of thiophene rings is 1. The Morgan fingerprint density at radius 2 is 2.44 bits per heavy atom. The molecule has 0 amide bonds. The van der Waals surface area contributed by atoms with Gasteiger partial charge in [-0.25, -0.2) is 4.79 Å². The summed E-state index contributed by atoms with van der Waals surface area (Å²) >= 11 is 1.69. The molecule has 16 heavy (non-hydrogen) atoms. The van der Waals surface area contributed by atoms with Crippen LogP contribution in [0.15, 0.2) is 29.7 Å². The Morgan fingerprint density at radius 3 is 3.00 bits per heavy atom. The molecule has 0 saturated heterocycles. The molecule has 1 atom stereocenters. The summed E-state index contributed by atoms with van der Waals surface area (Å²) in [4.78, 5) is 12.5. The van der Waals surface area contributed by atoms with E-state index in [4.69, 9.17) is 4.74 Å². The average molecular weight is 239 g/mol. The second kappa shape index (κ2) is 6.45. The maximum absolute atomic E-state index is 11.3. The SMILES string of the molecule is C=C(CN[C@H](C)c1cccs1)C(=O)OCC. The van der Waals surface area contributed by atoms with Crippen LogP contribution in [0.1, 0.15) is 24.8 Å². The van der Waals surface area contributed by atoms with Crippen LogP contribution >= 0.6 is 11.3 Å². The summed E-state index contributed by atoms with van der Waals surface area (Å²) in [6.45, 7) is 8.38. The van der Waals surface area contributed by atoms with E-state index >= 15 is 0 Å². The molecule has 0 unspecified atom stereocenters. The molecule has 1 aromatic rings. The second-order valence-electron chi connectivity index (χ2n) is 3.44. The van der Waals surface area contributed by atoms with Crippen LogP contribution in [0.4, 0.5) is 0 Å². The van der Waals surface area contributed by atoms with Gasteiger partial charge in [0.15, 0.2) is 0 Å². The molecule has 3 nitrogen and oxygen atoms in total. The number of carbonyl (C=O) groups is 1. The van der Waals surface area contributed by atoms with Crippen molar-refractivity contribution in [2.75, 3.05) is 13.2 Å². The summed E-state index contributed by atoms with van der Waals surface area (Å²) in [5.74, 6) is -0.326. The third-order valence-electron chi connectivity index (χ3n) is 2.16. The van der Waals surface area contributed by atoms with Gasteiger partial charge in [-0.3, -0.25) is 0 Å². The van der Waals surface area contributed by atoms with E-state index in [2.05, 4.69) is 24.9 Å². The van der Waals surface area contributed by atoms with Gasteiger partial charge in [-0.2, -0.15) is 0 Å². The number of hydrogen-bond acceptors (Lipinski definition) is 4. The van der Waals surface area contributed by atoms with Crippen LogP contribution in [0.3, 0.4) is 0 Å². The van der Waals surface area contributed by atoms with E-state index in [1.165, 1.54) is 4.88 Å². The summed E-state index contributed by atoms with van der Waals surface area (Å²) in [6.07, 6.45) is 0. The van der Waals surface area contributed by atoms with Crippen molar-refractivity contribution in [3.8, 4) is 0 Å². The molecule has 0 saturated carbocycles. The van der Waals surface area contributed by atoms with Crippen LogP contribution in [-0.4, -0.2) is 19.1 Å². The third-order valence-corrected chi connectivity index (χ3v) is 3.21. The average Bonchev–Trinajstić information content (AvgIpc) is 2.79. The first-order valence-corrected chi connectivity index (χ1v) is 6.14. The van der Waals surface area contributed by atoms with Crippen molar-refractivity contribution < 1.29 is 9.53 Å². The molecule has 0 aliphatic heterocycles. The lowest BCUT2D eigenvalue weighted by molar-refractivity contribution is -0.138. The summed E-state index contributed by atoms with van der Waals surface area (Å²) < 4.78 is 4.85. The molecule has 0 aromatic carbocycles. The lowest BCUT2D eigenvalue weighted by Gasteiger charge is -2.12. The number of ether oxygens (including phenoxy) is 1. The lowest BCUT2D eigenvalue weighted by Crippen LogP contribution is -2.24. The van der Waals surface area contributed by atoms with E-state index in [9.17, 15) is 4.79 Å². The van der Waals surface area contributed by atoms with Crippen molar-refractivity contribution in [3.05, 3.63) is 34.5 Å². The Balaban J connectivity index is 2.34. The van der Waals surface area contributed by atoms with Gasteiger partial charge in [0, 0.05) is 23.0 Å². The molecule has 1 N–H and O–H groups in total. The van der Waals surface area contributed by atoms with E-state index in [0.29, 0.717) is 18.7 Å². The van der Waals surface area contributed by atoms with Gasteiger partial charge in [-0.1, -0.05) is 12.6 Å². The van der Waals surface area contributed by atoms with Crippen LogP contribution < -0.4 is 5.32 Å². The third kappa shape index (κ3) is 3.79. The van der Waals surface area contributed by atoms with E-state index < -0.39 is 0 Å². The molecule has 1 rings (SSSR count). The molecule has 1 aromatic heterocycles. The minimum atomic E-state index is -0.326. The zero-order valence-electron chi connectivity index (χ0n) is 9.66. The van der Waals surface area contributed by atoms with Crippen LogP contribution in [0.5, 0.6) is 0 Å². The topological polar surface area (TPSA) is 38.3 Å². The molecule has 0 radical (unpaired) electrons. The van der Waals surface area contributed by atoms with Crippen LogP contribution in [0.2, 0.25) is 0 Å². The van der Waals surface area contributed by atoms with Crippen molar-refractivity contribution in [3.63, 3.8) is 0 Å². The van der Waals surface area contributed by atoms with Gasteiger partial charge >= 0.3 is 5.97 Å². The standard InChI is InChI=1S/C12H17NO2S/c1-4-15-12(14)9(2)8-13-10(3)11-6-5-7-16-11/h5-7,10,13H,2,4,8H2,1,3H3/t10-/m1/s1. The quantitative estimate of drug-likeness (QED) is 0.612. The lowest BCUT2D eigenvalue weighted by atomic mass is 10.2. The van der Waals surface area contributed by atoms with E-state index in [1.807, 2.05) is 11.4 Å². The first-order chi connectivity index (χ1) is 7.65. The number of nitrogens with one attached hydrogen (secondary N) is 1. The normalized spacial score (nSPS) is 12.1. The number of hydrogen-bond donors (Lipinski definition) is 1. The Labute approximate surface area is 100 Å². The largest absolute Gasteiger partial charge is 0.463 e. The summed E-state index contributed by atoms with van der Waals surface area (Å²) in [5.41, 5.74) is 0.463. The monoisotopic (exact) mass is 239 g/mol. The number of rotatable bonds is 6. The molecule has 1 heterocycles. The van der Waals surface area contributed by atoms with Crippen molar-refractivity contribution in [1.29, 1.82) is 0 Å². The van der Waals surface area contributed by atoms with Crippen LogP contribution in [-0.2, 0) is 9.53 Å². The molecule has 4 heteroatoms.